The predicted octanol–water partition coefficient (Wildman–Crippen LogP) is 4.24. The number of hydrazine groups is 1. The van der Waals surface area contributed by atoms with Gasteiger partial charge in [-0.3, -0.25) is 0 Å². The summed E-state index contributed by atoms with van der Waals surface area (Å²) in [6.45, 7) is 0.249. The van der Waals surface area contributed by atoms with Crippen LogP contribution in [0.5, 0.6) is 5.75 Å². The standard InChI is InChI=1S/C25H33FN4O3/c1-29(16-18-9-5-3-6-10-18)25(31)32-17-22(30(2)28)24(27)19-13-14-23(21(26)15-19)33-20-11-7-4-8-12-20/h3,5-6,9-10,13-15,20H,4,7-8,11-12,16-17,27-28H2,1-2H3/b24-22-. The first-order valence-electron chi connectivity index (χ1n) is 11.2. The molecule has 1 aliphatic carbocycles. The van der Waals surface area contributed by atoms with Crippen LogP contribution in [0.1, 0.15) is 43.2 Å². The van der Waals surface area contributed by atoms with Crippen molar-refractivity contribution in [2.45, 2.75) is 44.8 Å². The zero-order chi connectivity index (χ0) is 23.8. The summed E-state index contributed by atoms with van der Waals surface area (Å²) in [4.78, 5) is 13.9. The molecule has 7 nitrogen and oxygen atoms in total. The zero-order valence-electron chi connectivity index (χ0n) is 19.3. The van der Waals surface area contributed by atoms with Crippen LogP contribution >= 0.6 is 0 Å². The van der Waals surface area contributed by atoms with Gasteiger partial charge in [-0.2, -0.15) is 0 Å². The first-order chi connectivity index (χ1) is 15.8. The molecule has 33 heavy (non-hydrogen) atoms. The van der Waals surface area contributed by atoms with Gasteiger partial charge in [-0.25, -0.2) is 15.0 Å². The third-order valence-corrected chi connectivity index (χ3v) is 5.73. The third-order valence-electron chi connectivity index (χ3n) is 5.73. The maximum Gasteiger partial charge on any atom is 0.410 e. The highest BCUT2D eigenvalue weighted by atomic mass is 19.1. The highest BCUT2D eigenvalue weighted by Crippen LogP contribution is 2.27. The molecule has 0 atom stereocenters. The van der Waals surface area contributed by atoms with E-state index in [2.05, 4.69) is 0 Å². The van der Waals surface area contributed by atoms with Crippen LogP contribution in [0, 0.1) is 5.82 Å². The molecular formula is C25H33FN4O3. The van der Waals surface area contributed by atoms with E-state index in [1.165, 1.54) is 22.4 Å². The minimum atomic E-state index is -0.520. The Balaban J connectivity index is 1.66. The number of likely N-dealkylation sites (N-methyl/N-ethyl adjacent to an activating group) is 1. The molecule has 8 heteroatoms. The van der Waals surface area contributed by atoms with E-state index in [-0.39, 0.29) is 24.2 Å². The molecule has 0 bridgehead atoms. The van der Waals surface area contributed by atoms with E-state index < -0.39 is 11.9 Å². The Labute approximate surface area is 194 Å². The Morgan fingerprint density at radius 3 is 2.42 bits per heavy atom. The number of rotatable bonds is 8. The van der Waals surface area contributed by atoms with Crippen molar-refractivity contribution in [1.82, 2.24) is 9.91 Å². The lowest BCUT2D eigenvalue weighted by Crippen LogP contribution is -2.33. The lowest BCUT2D eigenvalue weighted by Gasteiger charge is -2.24. The summed E-state index contributed by atoms with van der Waals surface area (Å²) in [6, 6.07) is 14.2. The van der Waals surface area contributed by atoms with E-state index in [9.17, 15) is 9.18 Å². The number of carbonyl (C=O) groups excluding carboxylic acids is 1. The SMILES string of the molecule is CN(Cc1ccccc1)C(=O)OC/C(=C(/N)c1ccc(OC2CCCCC2)c(F)c1)N(C)N. The predicted molar refractivity (Wildman–Crippen MR) is 126 cm³/mol. The van der Waals surface area contributed by atoms with Crippen molar-refractivity contribution in [3.8, 4) is 5.75 Å². The quantitative estimate of drug-likeness (QED) is 0.456. The molecule has 0 aliphatic heterocycles. The van der Waals surface area contributed by atoms with Gasteiger partial charge < -0.3 is 25.1 Å². The molecule has 0 spiro atoms. The Bertz CT molecular complexity index is 959. The van der Waals surface area contributed by atoms with Crippen molar-refractivity contribution < 1.29 is 18.7 Å². The van der Waals surface area contributed by atoms with E-state index >= 15 is 0 Å². The summed E-state index contributed by atoms with van der Waals surface area (Å²) < 4.78 is 26.0. The summed E-state index contributed by atoms with van der Waals surface area (Å²) in [6.07, 6.45) is 4.81. The zero-order valence-corrected chi connectivity index (χ0v) is 19.3. The second-order valence-electron chi connectivity index (χ2n) is 8.39. The molecule has 2 aromatic rings. The van der Waals surface area contributed by atoms with Crippen molar-refractivity contribution in [3.63, 3.8) is 0 Å². The fourth-order valence-electron chi connectivity index (χ4n) is 3.82. The number of benzene rings is 2. The molecule has 0 aromatic heterocycles. The summed E-state index contributed by atoms with van der Waals surface area (Å²) in [5, 5.41) is 1.27. The summed E-state index contributed by atoms with van der Waals surface area (Å²) in [5.41, 5.74) is 8.27. The summed E-state index contributed by atoms with van der Waals surface area (Å²) >= 11 is 0. The number of ether oxygens (including phenoxy) is 2. The number of nitrogens with zero attached hydrogens (tertiary/aromatic N) is 2. The van der Waals surface area contributed by atoms with Crippen molar-refractivity contribution in [3.05, 3.63) is 71.2 Å². The molecule has 3 rings (SSSR count). The molecule has 0 heterocycles. The van der Waals surface area contributed by atoms with Gasteiger partial charge in [0.1, 0.15) is 6.61 Å². The van der Waals surface area contributed by atoms with Crippen LogP contribution in [0.4, 0.5) is 9.18 Å². The number of hydrogen-bond acceptors (Lipinski definition) is 6. The normalized spacial score (nSPS) is 14.9. The average molecular weight is 457 g/mol. The molecule has 1 fully saturated rings. The maximum atomic E-state index is 14.7. The van der Waals surface area contributed by atoms with Gasteiger partial charge in [0, 0.05) is 26.2 Å². The van der Waals surface area contributed by atoms with E-state index in [0.29, 0.717) is 17.8 Å². The van der Waals surface area contributed by atoms with Gasteiger partial charge in [0.05, 0.1) is 17.5 Å². The number of amides is 1. The van der Waals surface area contributed by atoms with Crippen molar-refractivity contribution in [1.29, 1.82) is 0 Å². The van der Waals surface area contributed by atoms with Gasteiger partial charge in [-0.1, -0.05) is 36.8 Å². The van der Waals surface area contributed by atoms with E-state index in [0.717, 1.165) is 31.2 Å². The van der Waals surface area contributed by atoms with Gasteiger partial charge >= 0.3 is 6.09 Å². The highest BCUT2D eigenvalue weighted by Gasteiger charge is 2.19. The van der Waals surface area contributed by atoms with Gasteiger partial charge in [-0.15, -0.1) is 0 Å². The second kappa shape index (κ2) is 11.6. The Morgan fingerprint density at radius 2 is 1.79 bits per heavy atom. The van der Waals surface area contributed by atoms with Crippen LogP contribution in [0.15, 0.2) is 54.2 Å². The molecule has 2 aromatic carbocycles. The maximum absolute atomic E-state index is 14.7. The molecular weight excluding hydrogens is 423 g/mol. The Hall–Kier alpha value is -3.26. The topological polar surface area (TPSA) is 94.0 Å². The minimum Gasteiger partial charge on any atom is -0.487 e. The molecule has 4 N–H and O–H groups in total. The summed E-state index contributed by atoms with van der Waals surface area (Å²) in [5.74, 6) is 5.66. The fourth-order valence-corrected chi connectivity index (χ4v) is 3.82. The van der Waals surface area contributed by atoms with Crippen LogP contribution in [-0.4, -0.2) is 42.8 Å². The molecule has 178 valence electrons. The van der Waals surface area contributed by atoms with Gasteiger partial charge in [0.2, 0.25) is 0 Å². The van der Waals surface area contributed by atoms with E-state index in [1.807, 2.05) is 30.3 Å². The molecule has 1 saturated carbocycles. The van der Waals surface area contributed by atoms with Gasteiger partial charge in [0.15, 0.2) is 11.6 Å². The molecule has 1 amide bonds. The van der Waals surface area contributed by atoms with Gasteiger partial charge in [0.25, 0.3) is 0 Å². The minimum absolute atomic E-state index is 0.0463. The van der Waals surface area contributed by atoms with Crippen molar-refractivity contribution >= 4 is 11.8 Å². The van der Waals surface area contributed by atoms with Crippen LogP contribution < -0.4 is 16.3 Å². The highest BCUT2D eigenvalue weighted by molar-refractivity contribution is 5.69. The lowest BCUT2D eigenvalue weighted by atomic mass is 9.98. The smallest absolute Gasteiger partial charge is 0.410 e. The van der Waals surface area contributed by atoms with Crippen molar-refractivity contribution in [2.24, 2.45) is 11.6 Å². The number of hydrogen-bond donors (Lipinski definition) is 2. The van der Waals surface area contributed by atoms with Crippen molar-refractivity contribution in [2.75, 3.05) is 20.7 Å². The van der Waals surface area contributed by atoms with Crippen LogP contribution in [-0.2, 0) is 11.3 Å². The number of nitrogens with two attached hydrogens (primary N) is 2. The van der Waals surface area contributed by atoms with Crippen LogP contribution in [0.2, 0.25) is 0 Å². The Kier molecular flexibility index (Phi) is 8.54. The average Bonchev–Trinajstić information content (AvgIpc) is 2.81. The fraction of sp³-hybridized carbons (Fsp3) is 0.400. The summed E-state index contributed by atoms with van der Waals surface area (Å²) in [7, 11) is 3.23. The molecule has 0 saturated heterocycles. The number of carbonyl (C=O) groups is 1. The van der Waals surface area contributed by atoms with E-state index in [4.69, 9.17) is 21.1 Å². The largest absolute Gasteiger partial charge is 0.487 e. The first-order valence-corrected chi connectivity index (χ1v) is 11.2. The van der Waals surface area contributed by atoms with E-state index in [1.54, 1.807) is 26.2 Å². The lowest BCUT2D eigenvalue weighted by molar-refractivity contribution is 0.111. The van der Waals surface area contributed by atoms with Crippen LogP contribution in [0.3, 0.4) is 0 Å². The van der Waals surface area contributed by atoms with Gasteiger partial charge in [-0.05, 0) is 49.4 Å². The number of halogens is 1. The Morgan fingerprint density at radius 1 is 1.09 bits per heavy atom. The second-order valence-corrected chi connectivity index (χ2v) is 8.39. The monoisotopic (exact) mass is 456 g/mol. The third kappa shape index (κ3) is 6.86. The molecule has 1 aliphatic rings. The van der Waals surface area contributed by atoms with Crippen LogP contribution in [0.25, 0.3) is 5.70 Å². The molecule has 0 radical (unpaired) electrons. The molecule has 0 unspecified atom stereocenters. The first kappa shape index (κ1) is 24.4.